The van der Waals surface area contributed by atoms with Crippen LogP contribution in [0.5, 0.6) is 5.75 Å². The molecule has 0 saturated carbocycles. The molecule has 2 aliphatic heterocycles. The molecule has 1 aromatic heterocycles. The average Bonchev–Trinajstić information content (AvgIpc) is 3.02. The summed E-state index contributed by atoms with van der Waals surface area (Å²) in [7, 11) is 3.69. The molecule has 4 rings (SSSR count). The second-order valence-electron chi connectivity index (χ2n) is 7.36. The fourth-order valence-corrected chi connectivity index (χ4v) is 3.75. The van der Waals surface area contributed by atoms with E-state index in [4.69, 9.17) is 4.74 Å². The highest BCUT2D eigenvalue weighted by molar-refractivity contribution is 6.19. The highest BCUT2D eigenvalue weighted by atomic mass is 16.5. The number of nitrogens with zero attached hydrogens (tertiary/aromatic N) is 5. The first-order chi connectivity index (χ1) is 14.1. The highest BCUT2D eigenvalue weighted by Gasteiger charge is 2.37. The van der Waals surface area contributed by atoms with Gasteiger partial charge >= 0.3 is 6.03 Å². The molecule has 0 bridgehead atoms. The summed E-state index contributed by atoms with van der Waals surface area (Å²) in [6.45, 7) is 4.25. The molecule has 8 nitrogen and oxygen atoms in total. The van der Waals surface area contributed by atoms with Crippen molar-refractivity contribution in [1.29, 1.82) is 0 Å². The van der Waals surface area contributed by atoms with Gasteiger partial charge in [-0.25, -0.2) is 9.69 Å². The number of anilines is 2. The molecule has 3 heterocycles. The van der Waals surface area contributed by atoms with Crippen LogP contribution in [0.4, 0.5) is 16.2 Å². The summed E-state index contributed by atoms with van der Waals surface area (Å²) in [6.07, 6.45) is 3.59. The number of imide groups is 1. The van der Waals surface area contributed by atoms with Crippen molar-refractivity contribution in [3.8, 4) is 5.75 Å². The van der Waals surface area contributed by atoms with Gasteiger partial charge in [0.2, 0.25) is 0 Å². The Bertz CT molecular complexity index is 893. The number of methoxy groups -OCH3 is 1. The lowest BCUT2D eigenvalue weighted by Gasteiger charge is -2.35. The van der Waals surface area contributed by atoms with E-state index < -0.39 is 0 Å². The number of carbonyl (C=O) groups excluding carboxylic acids is 2. The van der Waals surface area contributed by atoms with Gasteiger partial charge in [-0.3, -0.25) is 9.78 Å². The number of piperazine rings is 1. The smallest absolute Gasteiger partial charge is 0.332 e. The van der Waals surface area contributed by atoms with Gasteiger partial charge in [0.15, 0.2) is 0 Å². The third kappa shape index (κ3) is 3.88. The fourth-order valence-electron chi connectivity index (χ4n) is 3.75. The minimum Gasteiger partial charge on any atom is -0.497 e. The normalized spacial score (nSPS) is 17.9. The standard InChI is InChI=1S/C21H25N5O3/c1-23-9-11-24(12-10-23)19-13-22-8-7-16(19)14-25-15-20(27)26(21(25)28)17-3-5-18(29-2)6-4-17/h3-8,13H,9-12,14-15H2,1-2H3. The van der Waals surface area contributed by atoms with Gasteiger partial charge in [0.1, 0.15) is 12.3 Å². The maximum atomic E-state index is 13.0. The van der Waals surface area contributed by atoms with Crippen molar-refractivity contribution in [2.24, 2.45) is 0 Å². The molecule has 2 fully saturated rings. The molecule has 29 heavy (non-hydrogen) atoms. The molecule has 152 valence electrons. The van der Waals surface area contributed by atoms with E-state index in [-0.39, 0.29) is 18.5 Å². The SMILES string of the molecule is COc1ccc(N2C(=O)CN(Cc3ccncc3N3CCN(C)CC3)C2=O)cc1. The summed E-state index contributed by atoms with van der Waals surface area (Å²) < 4.78 is 5.15. The third-order valence-electron chi connectivity index (χ3n) is 5.46. The molecular weight excluding hydrogens is 370 g/mol. The lowest BCUT2D eigenvalue weighted by atomic mass is 10.1. The Balaban J connectivity index is 1.52. The van der Waals surface area contributed by atoms with Crippen LogP contribution in [0.15, 0.2) is 42.7 Å². The highest BCUT2D eigenvalue weighted by Crippen LogP contribution is 2.27. The van der Waals surface area contributed by atoms with Gasteiger partial charge in [0, 0.05) is 32.4 Å². The zero-order valence-corrected chi connectivity index (χ0v) is 16.7. The minimum atomic E-state index is -0.304. The number of benzene rings is 1. The van der Waals surface area contributed by atoms with Crippen LogP contribution in [0.1, 0.15) is 5.56 Å². The van der Waals surface area contributed by atoms with Crippen molar-refractivity contribution >= 4 is 23.3 Å². The molecule has 3 amide bonds. The molecule has 0 aliphatic carbocycles. The topological polar surface area (TPSA) is 69.2 Å². The van der Waals surface area contributed by atoms with E-state index in [0.717, 1.165) is 37.4 Å². The molecule has 1 aromatic carbocycles. The van der Waals surface area contributed by atoms with Crippen molar-refractivity contribution in [3.05, 3.63) is 48.3 Å². The Labute approximate surface area is 170 Å². The largest absolute Gasteiger partial charge is 0.497 e. The predicted octanol–water partition coefficient (Wildman–Crippen LogP) is 1.81. The quantitative estimate of drug-likeness (QED) is 0.720. The van der Waals surface area contributed by atoms with Crippen molar-refractivity contribution in [1.82, 2.24) is 14.8 Å². The van der Waals surface area contributed by atoms with Crippen LogP contribution < -0.4 is 14.5 Å². The first kappa shape index (κ1) is 19.2. The molecule has 2 aromatic rings. The van der Waals surface area contributed by atoms with Crippen LogP contribution >= 0.6 is 0 Å². The number of rotatable bonds is 5. The summed E-state index contributed by atoms with van der Waals surface area (Å²) in [6, 6.07) is 8.56. The van der Waals surface area contributed by atoms with Gasteiger partial charge in [-0.2, -0.15) is 0 Å². The lowest BCUT2D eigenvalue weighted by Crippen LogP contribution is -2.45. The van der Waals surface area contributed by atoms with Gasteiger partial charge in [0.05, 0.1) is 31.2 Å². The van der Waals surface area contributed by atoms with Gasteiger partial charge in [0.25, 0.3) is 5.91 Å². The summed E-state index contributed by atoms with van der Waals surface area (Å²) >= 11 is 0. The minimum absolute atomic E-state index is 0.0648. The van der Waals surface area contributed by atoms with E-state index >= 15 is 0 Å². The summed E-state index contributed by atoms with van der Waals surface area (Å²) in [5.74, 6) is 0.452. The van der Waals surface area contributed by atoms with Gasteiger partial charge < -0.3 is 19.4 Å². The van der Waals surface area contributed by atoms with Gasteiger partial charge in [-0.05, 0) is 42.9 Å². The number of aromatic nitrogens is 1. The number of likely N-dealkylation sites (N-methyl/N-ethyl adjacent to an activating group) is 1. The van der Waals surface area contributed by atoms with Gasteiger partial charge in [-0.15, -0.1) is 0 Å². The second kappa shape index (κ2) is 8.08. The maximum absolute atomic E-state index is 13.0. The number of hydrogen-bond acceptors (Lipinski definition) is 6. The number of amides is 3. The number of carbonyl (C=O) groups is 2. The zero-order valence-electron chi connectivity index (χ0n) is 16.7. The first-order valence-electron chi connectivity index (χ1n) is 9.69. The van der Waals surface area contributed by atoms with E-state index in [2.05, 4.69) is 21.8 Å². The van der Waals surface area contributed by atoms with E-state index in [1.807, 2.05) is 12.3 Å². The van der Waals surface area contributed by atoms with Gasteiger partial charge in [-0.1, -0.05) is 0 Å². The van der Waals surface area contributed by atoms with Crippen LogP contribution in [0.25, 0.3) is 0 Å². The number of pyridine rings is 1. The Morgan fingerprint density at radius 3 is 2.45 bits per heavy atom. The summed E-state index contributed by atoms with van der Waals surface area (Å²) in [4.78, 5) is 37.2. The summed E-state index contributed by atoms with van der Waals surface area (Å²) in [5.41, 5.74) is 2.59. The van der Waals surface area contributed by atoms with Crippen LogP contribution in [-0.4, -0.2) is 73.6 Å². The number of urea groups is 1. The molecule has 2 saturated heterocycles. The Kier molecular flexibility index (Phi) is 5.35. The maximum Gasteiger partial charge on any atom is 0.332 e. The van der Waals surface area contributed by atoms with Crippen molar-refractivity contribution < 1.29 is 14.3 Å². The molecule has 0 spiro atoms. The van der Waals surface area contributed by atoms with E-state index in [1.165, 1.54) is 4.90 Å². The third-order valence-corrected chi connectivity index (χ3v) is 5.46. The van der Waals surface area contributed by atoms with Crippen molar-refractivity contribution in [2.75, 3.05) is 56.7 Å². The van der Waals surface area contributed by atoms with Crippen LogP contribution in [-0.2, 0) is 11.3 Å². The average molecular weight is 395 g/mol. The Morgan fingerprint density at radius 1 is 1.03 bits per heavy atom. The van der Waals surface area contributed by atoms with E-state index in [1.54, 1.807) is 42.5 Å². The molecule has 0 radical (unpaired) electrons. The number of ether oxygens (including phenoxy) is 1. The monoisotopic (exact) mass is 395 g/mol. The first-order valence-corrected chi connectivity index (χ1v) is 9.69. The predicted molar refractivity (Wildman–Crippen MR) is 110 cm³/mol. The Hall–Kier alpha value is -3.13. The van der Waals surface area contributed by atoms with Crippen LogP contribution in [0, 0.1) is 0 Å². The molecule has 0 N–H and O–H groups in total. The second-order valence-corrected chi connectivity index (χ2v) is 7.36. The van der Waals surface area contributed by atoms with E-state index in [9.17, 15) is 9.59 Å². The molecule has 0 unspecified atom stereocenters. The Morgan fingerprint density at radius 2 is 1.76 bits per heavy atom. The fraction of sp³-hybridized carbons (Fsp3) is 0.381. The zero-order chi connectivity index (χ0) is 20.4. The van der Waals surface area contributed by atoms with Crippen molar-refractivity contribution in [3.63, 3.8) is 0 Å². The molecular formula is C21H25N5O3. The molecule has 8 heteroatoms. The van der Waals surface area contributed by atoms with E-state index in [0.29, 0.717) is 18.0 Å². The lowest BCUT2D eigenvalue weighted by molar-refractivity contribution is -0.116. The number of hydrogen-bond donors (Lipinski definition) is 0. The summed E-state index contributed by atoms with van der Waals surface area (Å²) in [5, 5.41) is 0. The molecule has 0 atom stereocenters. The van der Waals surface area contributed by atoms with Crippen molar-refractivity contribution in [2.45, 2.75) is 6.54 Å². The van der Waals surface area contributed by atoms with Crippen LogP contribution in [0.2, 0.25) is 0 Å². The molecule has 2 aliphatic rings. The van der Waals surface area contributed by atoms with Crippen LogP contribution in [0.3, 0.4) is 0 Å².